The van der Waals surface area contributed by atoms with Gasteiger partial charge in [-0.2, -0.15) is 0 Å². The van der Waals surface area contributed by atoms with Crippen LogP contribution in [0.1, 0.15) is 13.8 Å². The lowest BCUT2D eigenvalue weighted by Crippen LogP contribution is -2.41. The molecule has 0 saturated heterocycles. The molecule has 0 heterocycles. The molecule has 32 heavy (non-hydrogen) atoms. The number of rotatable bonds is 12. The topological polar surface area (TPSA) is 160 Å². The summed E-state index contributed by atoms with van der Waals surface area (Å²) in [5, 5.41) is 31.6. The van der Waals surface area contributed by atoms with Gasteiger partial charge in [0.1, 0.15) is 30.8 Å². The van der Waals surface area contributed by atoms with Gasteiger partial charge in [-0.25, -0.2) is 0 Å². The molecule has 0 bridgehead atoms. The fourth-order valence-corrected chi connectivity index (χ4v) is 2.69. The summed E-state index contributed by atoms with van der Waals surface area (Å²) in [4.78, 5) is 22.4. The monoisotopic (exact) mass is 473 g/mol. The summed E-state index contributed by atoms with van der Waals surface area (Å²) in [5.74, 6) is 0.976. The van der Waals surface area contributed by atoms with Gasteiger partial charge in [0.2, 0.25) is 0 Å². The number of ether oxygens (including phenoxy) is 2. The standard InChI is InChI=1S/C20H25N3O7.ClH.H2O/c1-15(2)21(11-12-29-19-7-3-16(4-8-19)22(25)26)13-18(24)14-30-20-9-5-17(6-10-20)23(27)28;;/h3-10,15,18,24H,11-14H2,1-2H3;1H;1H2. The molecule has 11 nitrogen and oxygen atoms in total. The summed E-state index contributed by atoms with van der Waals surface area (Å²) < 4.78 is 11.1. The Morgan fingerprint density at radius 1 is 0.906 bits per heavy atom. The van der Waals surface area contributed by atoms with Crippen molar-refractivity contribution >= 4 is 23.8 Å². The Morgan fingerprint density at radius 2 is 1.34 bits per heavy atom. The number of hydrogen-bond acceptors (Lipinski definition) is 8. The molecule has 0 fully saturated rings. The molecule has 0 aliphatic rings. The third-order valence-corrected chi connectivity index (χ3v) is 4.36. The lowest BCUT2D eigenvalue weighted by Gasteiger charge is -2.28. The van der Waals surface area contributed by atoms with Gasteiger partial charge in [0.25, 0.3) is 11.4 Å². The zero-order chi connectivity index (χ0) is 22.1. The Balaban J connectivity index is 0.00000480. The van der Waals surface area contributed by atoms with Crippen LogP contribution in [0.15, 0.2) is 48.5 Å². The van der Waals surface area contributed by atoms with E-state index in [1.807, 2.05) is 18.7 Å². The Labute approximate surface area is 191 Å². The van der Waals surface area contributed by atoms with Crippen LogP contribution in [0.5, 0.6) is 11.5 Å². The van der Waals surface area contributed by atoms with E-state index in [-0.39, 0.29) is 41.9 Å². The molecular formula is C20H28ClN3O8. The van der Waals surface area contributed by atoms with E-state index < -0.39 is 16.0 Å². The number of aliphatic hydroxyl groups is 1. The normalized spacial score (nSPS) is 11.3. The maximum atomic E-state index is 10.7. The molecule has 178 valence electrons. The summed E-state index contributed by atoms with van der Waals surface area (Å²) in [6.07, 6.45) is -0.762. The van der Waals surface area contributed by atoms with E-state index in [9.17, 15) is 25.3 Å². The smallest absolute Gasteiger partial charge is 0.269 e. The van der Waals surface area contributed by atoms with Gasteiger partial charge in [0.05, 0.1) is 9.85 Å². The summed E-state index contributed by atoms with van der Waals surface area (Å²) in [5.41, 5.74) is -0.0239. The van der Waals surface area contributed by atoms with Crippen molar-refractivity contribution in [3.8, 4) is 11.5 Å². The number of non-ortho nitro benzene ring substituents is 2. The molecule has 0 aromatic heterocycles. The molecule has 1 unspecified atom stereocenters. The Hall–Kier alpha value is -2.99. The number of aliphatic hydroxyl groups excluding tert-OH is 1. The van der Waals surface area contributed by atoms with Crippen molar-refractivity contribution in [3.63, 3.8) is 0 Å². The van der Waals surface area contributed by atoms with Crippen molar-refractivity contribution in [2.75, 3.05) is 26.3 Å². The maximum Gasteiger partial charge on any atom is 0.269 e. The zero-order valence-corrected chi connectivity index (χ0v) is 18.6. The zero-order valence-electron chi connectivity index (χ0n) is 17.7. The molecule has 2 aromatic rings. The minimum absolute atomic E-state index is 0. The van der Waals surface area contributed by atoms with Crippen LogP contribution in [0, 0.1) is 20.2 Å². The Kier molecular flexibility index (Phi) is 12.8. The number of halogens is 1. The second kappa shape index (κ2) is 14.1. The Bertz CT molecular complexity index is 834. The highest BCUT2D eigenvalue weighted by atomic mass is 35.5. The molecule has 2 rings (SSSR count). The number of benzene rings is 2. The molecular weight excluding hydrogens is 446 g/mol. The van der Waals surface area contributed by atoms with Gasteiger partial charge in [-0.3, -0.25) is 25.1 Å². The van der Waals surface area contributed by atoms with Crippen LogP contribution in [-0.2, 0) is 0 Å². The van der Waals surface area contributed by atoms with Gasteiger partial charge in [0, 0.05) is 43.4 Å². The van der Waals surface area contributed by atoms with Crippen LogP contribution in [0.3, 0.4) is 0 Å². The van der Waals surface area contributed by atoms with E-state index in [2.05, 4.69) is 0 Å². The van der Waals surface area contributed by atoms with E-state index in [4.69, 9.17) is 9.47 Å². The molecule has 0 aliphatic carbocycles. The number of nitro groups is 2. The fraction of sp³-hybridized carbons (Fsp3) is 0.400. The average molecular weight is 474 g/mol. The van der Waals surface area contributed by atoms with Crippen LogP contribution < -0.4 is 9.47 Å². The van der Waals surface area contributed by atoms with E-state index >= 15 is 0 Å². The minimum Gasteiger partial charge on any atom is -0.492 e. The van der Waals surface area contributed by atoms with Crippen molar-refractivity contribution in [1.29, 1.82) is 0 Å². The third kappa shape index (κ3) is 9.43. The SMILES string of the molecule is CC(C)N(CCOc1ccc([N+](=O)[O-])cc1)CC(O)COc1ccc([N+](=O)[O-])cc1.Cl.O. The second-order valence-corrected chi connectivity index (χ2v) is 6.90. The molecule has 1 atom stereocenters. The Morgan fingerprint density at radius 3 is 1.75 bits per heavy atom. The number of nitrogens with zero attached hydrogens (tertiary/aromatic N) is 3. The van der Waals surface area contributed by atoms with Crippen LogP contribution in [0.2, 0.25) is 0 Å². The van der Waals surface area contributed by atoms with E-state index in [1.54, 1.807) is 12.1 Å². The maximum absolute atomic E-state index is 10.7. The first kappa shape index (κ1) is 29.0. The largest absolute Gasteiger partial charge is 0.492 e. The fourth-order valence-electron chi connectivity index (χ4n) is 2.69. The van der Waals surface area contributed by atoms with E-state index in [0.29, 0.717) is 31.2 Å². The first-order chi connectivity index (χ1) is 14.3. The van der Waals surface area contributed by atoms with Gasteiger partial charge < -0.3 is 20.1 Å². The number of hydrogen-bond donors (Lipinski definition) is 1. The van der Waals surface area contributed by atoms with Crippen LogP contribution in [-0.4, -0.2) is 63.8 Å². The predicted molar refractivity (Wildman–Crippen MR) is 121 cm³/mol. The van der Waals surface area contributed by atoms with Crippen molar-refractivity contribution in [2.24, 2.45) is 0 Å². The van der Waals surface area contributed by atoms with E-state index in [0.717, 1.165) is 0 Å². The lowest BCUT2D eigenvalue weighted by molar-refractivity contribution is -0.385. The van der Waals surface area contributed by atoms with Crippen LogP contribution in [0.4, 0.5) is 11.4 Å². The van der Waals surface area contributed by atoms with Gasteiger partial charge in [0.15, 0.2) is 0 Å². The molecule has 0 aliphatic heterocycles. The molecule has 3 N–H and O–H groups in total. The van der Waals surface area contributed by atoms with Gasteiger partial charge in [-0.1, -0.05) is 0 Å². The average Bonchev–Trinajstić information content (AvgIpc) is 2.72. The highest BCUT2D eigenvalue weighted by Crippen LogP contribution is 2.18. The predicted octanol–water partition coefficient (Wildman–Crippen LogP) is 2.63. The van der Waals surface area contributed by atoms with Gasteiger partial charge in [-0.15, -0.1) is 12.4 Å². The quantitative estimate of drug-likeness (QED) is 0.363. The van der Waals surface area contributed by atoms with Crippen LogP contribution >= 0.6 is 12.4 Å². The molecule has 0 amide bonds. The summed E-state index contributed by atoms with van der Waals surface area (Å²) in [6.45, 7) is 5.29. The summed E-state index contributed by atoms with van der Waals surface area (Å²) in [7, 11) is 0. The summed E-state index contributed by atoms with van der Waals surface area (Å²) in [6, 6.07) is 11.7. The molecule has 0 radical (unpaired) electrons. The van der Waals surface area contributed by atoms with Crippen molar-refractivity contribution < 1.29 is 29.9 Å². The van der Waals surface area contributed by atoms with Crippen molar-refractivity contribution in [1.82, 2.24) is 4.90 Å². The van der Waals surface area contributed by atoms with Gasteiger partial charge >= 0.3 is 0 Å². The minimum atomic E-state index is -0.762. The lowest BCUT2D eigenvalue weighted by atomic mass is 10.2. The number of nitro benzene ring substituents is 2. The van der Waals surface area contributed by atoms with Crippen molar-refractivity contribution in [2.45, 2.75) is 26.0 Å². The van der Waals surface area contributed by atoms with E-state index in [1.165, 1.54) is 36.4 Å². The molecule has 0 spiro atoms. The summed E-state index contributed by atoms with van der Waals surface area (Å²) >= 11 is 0. The molecule has 0 saturated carbocycles. The highest BCUT2D eigenvalue weighted by Gasteiger charge is 2.16. The van der Waals surface area contributed by atoms with Crippen LogP contribution in [0.25, 0.3) is 0 Å². The highest BCUT2D eigenvalue weighted by molar-refractivity contribution is 5.85. The van der Waals surface area contributed by atoms with Crippen molar-refractivity contribution in [3.05, 3.63) is 68.8 Å². The molecule has 12 heteroatoms. The van der Waals surface area contributed by atoms with Gasteiger partial charge in [-0.05, 0) is 38.1 Å². The third-order valence-electron chi connectivity index (χ3n) is 4.36. The molecule has 2 aromatic carbocycles. The second-order valence-electron chi connectivity index (χ2n) is 6.90. The first-order valence-corrected chi connectivity index (χ1v) is 9.43. The first-order valence-electron chi connectivity index (χ1n) is 9.43.